The van der Waals surface area contributed by atoms with Crippen LogP contribution in [0.5, 0.6) is 0 Å². The minimum Gasteiger partial charge on any atom is -0.394 e. The minimum absolute atomic E-state index is 0.00671. The minimum atomic E-state index is -0.0272. The summed E-state index contributed by atoms with van der Waals surface area (Å²) in [5.41, 5.74) is 0.911. The normalized spacial score (nSPS) is 17.5. The summed E-state index contributed by atoms with van der Waals surface area (Å²) in [6.07, 6.45) is 0.414. The van der Waals surface area contributed by atoms with Crippen molar-refractivity contribution in [2.24, 2.45) is 11.0 Å². The first-order valence-corrected chi connectivity index (χ1v) is 4.13. The lowest BCUT2D eigenvalue weighted by atomic mass is 10.1. The molecule has 4 heteroatoms. The molecule has 0 radical (unpaired) electrons. The number of rotatable bonds is 3. The zero-order valence-electron chi connectivity index (χ0n) is 7.45. The fraction of sp³-hybridized carbons (Fsp3) is 0.750. The van der Waals surface area contributed by atoms with Crippen LogP contribution in [0.3, 0.4) is 0 Å². The van der Waals surface area contributed by atoms with Gasteiger partial charge in [-0.25, -0.2) is 5.01 Å². The molecule has 1 aliphatic rings. The van der Waals surface area contributed by atoms with Gasteiger partial charge in [-0.1, -0.05) is 13.8 Å². The Labute approximate surface area is 71.9 Å². The third kappa shape index (κ3) is 1.82. The van der Waals surface area contributed by atoms with E-state index in [0.717, 1.165) is 5.71 Å². The Morgan fingerprint density at radius 1 is 1.67 bits per heavy atom. The molecule has 1 amide bonds. The van der Waals surface area contributed by atoms with Crippen molar-refractivity contribution in [2.75, 3.05) is 13.2 Å². The van der Waals surface area contributed by atoms with Gasteiger partial charge in [-0.05, 0) is 5.92 Å². The summed E-state index contributed by atoms with van der Waals surface area (Å²) in [6, 6.07) is 0. The molecule has 0 fully saturated rings. The molecule has 12 heavy (non-hydrogen) atoms. The van der Waals surface area contributed by atoms with Gasteiger partial charge in [0.15, 0.2) is 0 Å². The predicted molar refractivity (Wildman–Crippen MR) is 45.7 cm³/mol. The molecule has 4 nitrogen and oxygen atoms in total. The molecule has 1 aliphatic heterocycles. The molecule has 0 aromatic heterocycles. The van der Waals surface area contributed by atoms with E-state index in [2.05, 4.69) is 5.10 Å². The maximum atomic E-state index is 11.2. The Morgan fingerprint density at radius 3 is 2.75 bits per heavy atom. The Hall–Kier alpha value is -0.900. The SMILES string of the molecule is CC(C)C1=NN(CCO)C(=O)C1. The molecule has 0 spiro atoms. The number of amides is 1. The van der Waals surface area contributed by atoms with E-state index in [1.54, 1.807) is 0 Å². The first-order valence-electron chi connectivity index (χ1n) is 4.13. The van der Waals surface area contributed by atoms with Crippen molar-refractivity contribution in [2.45, 2.75) is 20.3 Å². The third-order valence-corrected chi connectivity index (χ3v) is 1.85. The zero-order chi connectivity index (χ0) is 9.14. The van der Waals surface area contributed by atoms with E-state index in [0.29, 0.717) is 18.9 Å². The maximum absolute atomic E-state index is 11.2. The van der Waals surface area contributed by atoms with E-state index in [-0.39, 0.29) is 12.5 Å². The second-order valence-electron chi connectivity index (χ2n) is 3.16. The highest BCUT2D eigenvalue weighted by molar-refractivity contribution is 6.05. The molecule has 0 aromatic carbocycles. The van der Waals surface area contributed by atoms with E-state index >= 15 is 0 Å². The van der Waals surface area contributed by atoms with Gasteiger partial charge >= 0.3 is 0 Å². The largest absolute Gasteiger partial charge is 0.394 e. The number of carbonyl (C=O) groups excluding carboxylic acids is 1. The number of hydrogen-bond acceptors (Lipinski definition) is 3. The van der Waals surface area contributed by atoms with Crippen LogP contribution in [0.25, 0.3) is 0 Å². The summed E-state index contributed by atoms with van der Waals surface area (Å²) >= 11 is 0. The lowest BCUT2D eigenvalue weighted by Crippen LogP contribution is -2.23. The summed E-state index contributed by atoms with van der Waals surface area (Å²) in [4.78, 5) is 11.2. The van der Waals surface area contributed by atoms with Crippen molar-refractivity contribution >= 4 is 11.6 Å². The van der Waals surface area contributed by atoms with Crippen LogP contribution in [0.4, 0.5) is 0 Å². The number of hydrogen-bond donors (Lipinski definition) is 1. The molecule has 0 saturated carbocycles. The number of hydrazone groups is 1. The molecule has 0 unspecified atom stereocenters. The Balaban J connectivity index is 2.60. The molecular formula is C8H14N2O2. The molecule has 1 heterocycles. The highest BCUT2D eigenvalue weighted by Gasteiger charge is 2.24. The van der Waals surface area contributed by atoms with E-state index < -0.39 is 0 Å². The summed E-state index contributed by atoms with van der Waals surface area (Å²) in [5.74, 6) is 0.311. The highest BCUT2D eigenvalue weighted by Crippen LogP contribution is 2.13. The Bertz CT molecular complexity index is 211. The van der Waals surface area contributed by atoms with Gasteiger partial charge < -0.3 is 5.11 Å². The molecule has 1 rings (SSSR count). The molecule has 0 aromatic rings. The maximum Gasteiger partial charge on any atom is 0.248 e. The number of carbonyl (C=O) groups is 1. The van der Waals surface area contributed by atoms with Crippen LogP contribution in [-0.4, -0.2) is 34.9 Å². The van der Waals surface area contributed by atoms with E-state index in [1.165, 1.54) is 5.01 Å². The van der Waals surface area contributed by atoms with Gasteiger partial charge in [0, 0.05) is 0 Å². The van der Waals surface area contributed by atoms with Crippen LogP contribution in [-0.2, 0) is 4.79 Å². The standard InChI is InChI=1S/C8H14N2O2/c1-6(2)7-5-8(12)10(9-7)3-4-11/h6,11H,3-5H2,1-2H3. The molecule has 0 atom stereocenters. The fourth-order valence-corrected chi connectivity index (χ4v) is 1.08. The third-order valence-electron chi connectivity index (χ3n) is 1.85. The second kappa shape index (κ2) is 3.67. The Kier molecular flexibility index (Phi) is 2.81. The average Bonchev–Trinajstić information content (AvgIpc) is 2.34. The van der Waals surface area contributed by atoms with Gasteiger partial charge in [0.2, 0.25) is 5.91 Å². The van der Waals surface area contributed by atoms with Gasteiger partial charge in [-0.15, -0.1) is 0 Å². The van der Waals surface area contributed by atoms with Crippen LogP contribution in [0.2, 0.25) is 0 Å². The van der Waals surface area contributed by atoms with Gasteiger partial charge in [0.1, 0.15) is 0 Å². The van der Waals surface area contributed by atoms with Crippen molar-refractivity contribution in [3.63, 3.8) is 0 Å². The Morgan fingerprint density at radius 2 is 2.33 bits per heavy atom. The number of aliphatic hydroxyl groups is 1. The van der Waals surface area contributed by atoms with Gasteiger partial charge in [0.25, 0.3) is 0 Å². The zero-order valence-corrected chi connectivity index (χ0v) is 7.45. The predicted octanol–water partition coefficient (Wildman–Crippen LogP) is 0.223. The van der Waals surface area contributed by atoms with E-state index in [1.807, 2.05) is 13.8 Å². The van der Waals surface area contributed by atoms with Crippen molar-refractivity contribution in [1.82, 2.24) is 5.01 Å². The van der Waals surface area contributed by atoms with E-state index in [4.69, 9.17) is 5.11 Å². The lowest BCUT2D eigenvalue weighted by molar-refractivity contribution is -0.129. The van der Waals surface area contributed by atoms with Crippen LogP contribution in [0.1, 0.15) is 20.3 Å². The van der Waals surface area contributed by atoms with Gasteiger partial charge in [-0.2, -0.15) is 5.10 Å². The van der Waals surface area contributed by atoms with Crippen LogP contribution in [0, 0.1) is 5.92 Å². The van der Waals surface area contributed by atoms with Gasteiger partial charge in [0.05, 0.1) is 25.3 Å². The first kappa shape index (κ1) is 9.19. The first-order chi connectivity index (χ1) is 5.65. The van der Waals surface area contributed by atoms with Crippen molar-refractivity contribution in [1.29, 1.82) is 0 Å². The highest BCUT2D eigenvalue weighted by atomic mass is 16.3. The summed E-state index contributed by atoms with van der Waals surface area (Å²) in [7, 11) is 0. The van der Waals surface area contributed by atoms with Crippen LogP contribution >= 0.6 is 0 Å². The summed E-state index contributed by atoms with van der Waals surface area (Å²) in [5, 5.41) is 14.0. The van der Waals surface area contributed by atoms with Gasteiger partial charge in [-0.3, -0.25) is 4.79 Å². The molecule has 1 N–H and O–H groups in total. The smallest absolute Gasteiger partial charge is 0.248 e. The van der Waals surface area contributed by atoms with Crippen LogP contribution in [0.15, 0.2) is 5.10 Å². The van der Waals surface area contributed by atoms with Crippen molar-refractivity contribution < 1.29 is 9.90 Å². The summed E-state index contributed by atoms with van der Waals surface area (Å²) in [6.45, 7) is 4.30. The number of β-amino-alcohol motifs (C(OH)–C–C–N with tert-alkyl or cyclic N) is 1. The van der Waals surface area contributed by atoms with E-state index in [9.17, 15) is 4.79 Å². The number of aliphatic hydroxyl groups excluding tert-OH is 1. The molecular weight excluding hydrogens is 156 g/mol. The molecule has 0 aliphatic carbocycles. The lowest BCUT2D eigenvalue weighted by Gasteiger charge is -2.08. The van der Waals surface area contributed by atoms with Crippen LogP contribution < -0.4 is 0 Å². The van der Waals surface area contributed by atoms with Crippen molar-refractivity contribution in [3.05, 3.63) is 0 Å². The van der Waals surface area contributed by atoms with Crippen molar-refractivity contribution in [3.8, 4) is 0 Å². The quantitative estimate of drug-likeness (QED) is 0.659. The molecule has 0 saturated heterocycles. The number of nitrogens with zero attached hydrogens (tertiary/aromatic N) is 2. The fourth-order valence-electron chi connectivity index (χ4n) is 1.08. The average molecular weight is 170 g/mol. The second-order valence-corrected chi connectivity index (χ2v) is 3.16. The molecule has 68 valence electrons. The topological polar surface area (TPSA) is 52.9 Å². The molecule has 0 bridgehead atoms. The monoisotopic (exact) mass is 170 g/mol. The summed E-state index contributed by atoms with van der Waals surface area (Å²) < 4.78 is 0.